The molecule has 2 unspecified atom stereocenters. The Morgan fingerprint density at radius 2 is 2.32 bits per heavy atom. The second kappa shape index (κ2) is 6.51. The highest BCUT2D eigenvalue weighted by Crippen LogP contribution is 2.34. The van der Waals surface area contributed by atoms with Crippen molar-refractivity contribution in [3.8, 4) is 5.75 Å². The van der Waals surface area contributed by atoms with Gasteiger partial charge in [0.15, 0.2) is 0 Å². The first-order valence-electron chi connectivity index (χ1n) is 7.06. The van der Waals surface area contributed by atoms with E-state index >= 15 is 0 Å². The average Bonchev–Trinajstić information content (AvgIpc) is 2.84. The van der Waals surface area contributed by atoms with Crippen molar-refractivity contribution < 1.29 is 4.74 Å². The average molecular weight is 342 g/mol. The summed E-state index contributed by atoms with van der Waals surface area (Å²) in [6.07, 6.45) is 3.67. The third kappa shape index (κ3) is 3.47. The SMILES string of the molecule is Brc1ccc2c(c1)OCCCC2NCC1CCSC1. The molecule has 2 nitrogen and oxygen atoms in total. The fraction of sp³-hybridized carbons (Fsp3) is 0.600. The molecule has 2 heterocycles. The van der Waals surface area contributed by atoms with Gasteiger partial charge in [0.25, 0.3) is 0 Å². The highest BCUT2D eigenvalue weighted by molar-refractivity contribution is 9.10. The maximum Gasteiger partial charge on any atom is 0.125 e. The molecule has 1 saturated heterocycles. The summed E-state index contributed by atoms with van der Waals surface area (Å²) in [5.41, 5.74) is 1.33. The van der Waals surface area contributed by atoms with Crippen LogP contribution < -0.4 is 10.1 Å². The molecule has 1 aromatic rings. The largest absolute Gasteiger partial charge is 0.493 e. The van der Waals surface area contributed by atoms with Crippen molar-refractivity contribution in [2.24, 2.45) is 5.92 Å². The van der Waals surface area contributed by atoms with E-state index in [0.29, 0.717) is 6.04 Å². The maximum absolute atomic E-state index is 5.86. The summed E-state index contributed by atoms with van der Waals surface area (Å²) in [5.74, 6) is 4.56. The van der Waals surface area contributed by atoms with Gasteiger partial charge < -0.3 is 10.1 Å². The van der Waals surface area contributed by atoms with Gasteiger partial charge >= 0.3 is 0 Å². The topological polar surface area (TPSA) is 21.3 Å². The number of halogens is 1. The van der Waals surface area contributed by atoms with Gasteiger partial charge in [-0.15, -0.1) is 0 Å². The summed E-state index contributed by atoms with van der Waals surface area (Å²) >= 11 is 5.62. The number of nitrogens with one attached hydrogen (secondary N) is 1. The van der Waals surface area contributed by atoms with Crippen LogP contribution in [-0.4, -0.2) is 24.7 Å². The molecule has 1 aromatic carbocycles. The zero-order valence-corrected chi connectivity index (χ0v) is 13.4. The van der Waals surface area contributed by atoms with Crippen LogP contribution in [0.15, 0.2) is 22.7 Å². The number of fused-ring (bicyclic) bond motifs is 1. The predicted octanol–water partition coefficient (Wildman–Crippen LogP) is 4.01. The monoisotopic (exact) mass is 341 g/mol. The first-order chi connectivity index (χ1) is 9.33. The minimum Gasteiger partial charge on any atom is -0.493 e. The Morgan fingerprint density at radius 3 is 3.16 bits per heavy atom. The number of ether oxygens (including phenoxy) is 1. The third-order valence-electron chi connectivity index (χ3n) is 3.92. The first kappa shape index (κ1) is 13.8. The van der Waals surface area contributed by atoms with Gasteiger partial charge in [-0.05, 0) is 55.4 Å². The van der Waals surface area contributed by atoms with E-state index in [9.17, 15) is 0 Å². The second-order valence-electron chi connectivity index (χ2n) is 5.36. The molecule has 3 rings (SSSR count). The van der Waals surface area contributed by atoms with E-state index in [-0.39, 0.29) is 0 Å². The van der Waals surface area contributed by atoms with Gasteiger partial charge in [0.05, 0.1) is 6.61 Å². The molecule has 0 aromatic heterocycles. The van der Waals surface area contributed by atoms with E-state index in [1.807, 2.05) is 0 Å². The lowest BCUT2D eigenvalue weighted by molar-refractivity contribution is 0.314. The summed E-state index contributed by atoms with van der Waals surface area (Å²) < 4.78 is 6.95. The normalized spacial score (nSPS) is 26.6. The molecule has 2 aliphatic heterocycles. The van der Waals surface area contributed by atoms with Crippen LogP contribution in [0.25, 0.3) is 0 Å². The Labute approximate surface area is 127 Å². The van der Waals surface area contributed by atoms with E-state index in [0.717, 1.165) is 35.7 Å². The van der Waals surface area contributed by atoms with Gasteiger partial charge in [0, 0.05) is 16.1 Å². The van der Waals surface area contributed by atoms with Crippen LogP contribution in [0.5, 0.6) is 5.75 Å². The summed E-state index contributed by atoms with van der Waals surface area (Å²) in [4.78, 5) is 0. The van der Waals surface area contributed by atoms with Crippen LogP contribution in [0.2, 0.25) is 0 Å². The molecule has 2 aliphatic rings. The van der Waals surface area contributed by atoms with Crippen LogP contribution in [0.3, 0.4) is 0 Å². The Kier molecular flexibility index (Phi) is 4.72. The van der Waals surface area contributed by atoms with E-state index in [1.165, 1.54) is 29.9 Å². The fourth-order valence-electron chi connectivity index (χ4n) is 2.81. The highest BCUT2D eigenvalue weighted by Gasteiger charge is 2.22. The van der Waals surface area contributed by atoms with Crippen molar-refractivity contribution in [2.45, 2.75) is 25.3 Å². The lowest BCUT2D eigenvalue weighted by Crippen LogP contribution is -2.27. The third-order valence-corrected chi connectivity index (χ3v) is 5.65. The molecule has 104 valence electrons. The van der Waals surface area contributed by atoms with Gasteiger partial charge in [0.2, 0.25) is 0 Å². The number of thioether (sulfide) groups is 1. The summed E-state index contributed by atoms with van der Waals surface area (Å²) in [6.45, 7) is 1.98. The summed E-state index contributed by atoms with van der Waals surface area (Å²) in [5, 5.41) is 3.77. The first-order valence-corrected chi connectivity index (χ1v) is 9.01. The predicted molar refractivity (Wildman–Crippen MR) is 85.0 cm³/mol. The van der Waals surface area contributed by atoms with Crippen LogP contribution in [-0.2, 0) is 0 Å². The zero-order chi connectivity index (χ0) is 13.1. The highest BCUT2D eigenvalue weighted by atomic mass is 79.9. The maximum atomic E-state index is 5.86. The Balaban J connectivity index is 1.70. The summed E-state index contributed by atoms with van der Waals surface area (Å²) in [6, 6.07) is 6.87. The van der Waals surface area contributed by atoms with Crippen molar-refractivity contribution in [1.82, 2.24) is 5.32 Å². The molecule has 1 N–H and O–H groups in total. The van der Waals surface area contributed by atoms with Crippen molar-refractivity contribution in [3.63, 3.8) is 0 Å². The van der Waals surface area contributed by atoms with E-state index in [1.54, 1.807) is 0 Å². The molecule has 0 spiro atoms. The fourth-order valence-corrected chi connectivity index (χ4v) is 4.44. The quantitative estimate of drug-likeness (QED) is 0.897. The molecule has 0 aliphatic carbocycles. The van der Waals surface area contributed by atoms with Gasteiger partial charge in [-0.25, -0.2) is 0 Å². The van der Waals surface area contributed by atoms with Crippen molar-refractivity contribution in [2.75, 3.05) is 24.7 Å². The molecular weight excluding hydrogens is 322 g/mol. The Bertz CT molecular complexity index is 434. The molecule has 4 heteroatoms. The summed E-state index contributed by atoms with van der Waals surface area (Å²) in [7, 11) is 0. The van der Waals surface area contributed by atoms with Gasteiger partial charge in [-0.3, -0.25) is 0 Å². The Morgan fingerprint density at radius 1 is 1.37 bits per heavy atom. The molecule has 0 bridgehead atoms. The number of hydrogen-bond acceptors (Lipinski definition) is 3. The molecule has 0 amide bonds. The van der Waals surface area contributed by atoms with Crippen LogP contribution in [0.1, 0.15) is 30.9 Å². The standard InChI is InChI=1S/C15H20BrNOS/c16-12-3-4-13-14(2-1-6-18-15(13)8-12)17-9-11-5-7-19-10-11/h3-4,8,11,14,17H,1-2,5-7,9-10H2. The van der Waals surface area contributed by atoms with Crippen molar-refractivity contribution in [1.29, 1.82) is 0 Å². The van der Waals surface area contributed by atoms with Crippen LogP contribution >= 0.6 is 27.7 Å². The molecular formula is C15H20BrNOS. The van der Waals surface area contributed by atoms with Crippen LogP contribution in [0, 0.1) is 5.92 Å². The van der Waals surface area contributed by atoms with Crippen molar-refractivity contribution in [3.05, 3.63) is 28.2 Å². The molecule has 2 atom stereocenters. The van der Waals surface area contributed by atoms with Gasteiger partial charge in [0.1, 0.15) is 5.75 Å². The molecule has 0 saturated carbocycles. The smallest absolute Gasteiger partial charge is 0.125 e. The number of hydrogen-bond donors (Lipinski definition) is 1. The minimum atomic E-state index is 0.455. The second-order valence-corrected chi connectivity index (χ2v) is 7.43. The molecule has 1 fully saturated rings. The van der Waals surface area contributed by atoms with Crippen LogP contribution in [0.4, 0.5) is 0 Å². The van der Waals surface area contributed by atoms with Crippen molar-refractivity contribution >= 4 is 27.7 Å². The number of benzene rings is 1. The zero-order valence-electron chi connectivity index (χ0n) is 11.0. The van der Waals surface area contributed by atoms with E-state index in [2.05, 4.69) is 51.2 Å². The molecule has 0 radical (unpaired) electrons. The minimum absolute atomic E-state index is 0.455. The lowest BCUT2D eigenvalue weighted by Gasteiger charge is -2.20. The van der Waals surface area contributed by atoms with E-state index in [4.69, 9.17) is 4.74 Å². The van der Waals surface area contributed by atoms with E-state index < -0.39 is 0 Å². The Hall–Kier alpha value is -0.190. The lowest BCUT2D eigenvalue weighted by atomic mass is 10.0. The van der Waals surface area contributed by atoms with Gasteiger partial charge in [-0.2, -0.15) is 11.8 Å². The number of rotatable bonds is 3. The molecule has 19 heavy (non-hydrogen) atoms. The van der Waals surface area contributed by atoms with Gasteiger partial charge in [-0.1, -0.05) is 22.0 Å².